The van der Waals surface area contributed by atoms with Gasteiger partial charge in [-0.3, -0.25) is 9.69 Å². The highest BCUT2D eigenvalue weighted by Crippen LogP contribution is 2.25. The quantitative estimate of drug-likeness (QED) is 0.595. The predicted octanol–water partition coefficient (Wildman–Crippen LogP) is 0.613. The van der Waals surface area contributed by atoms with Gasteiger partial charge in [-0.25, -0.2) is 0 Å². The summed E-state index contributed by atoms with van der Waals surface area (Å²) in [6.45, 7) is 3.10. The molecule has 0 radical (unpaired) electrons. The molecule has 2 N–H and O–H groups in total. The van der Waals surface area contributed by atoms with Gasteiger partial charge in [0, 0.05) is 18.7 Å². The first-order chi connectivity index (χ1) is 8.16. The van der Waals surface area contributed by atoms with Crippen LogP contribution in [-0.4, -0.2) is 53.7 Å². The molecule has 1 heterocycles. The van der Waals surface area contributed by atoms with E-state index in [0.29, 0.717) is 25.3 Å². The molecule has 0 amide bonds. The molecule has 1 aromatic carbocycles. The van der Waals surface area contributed by atoms with Crippen LogP contribution in [0.25, 0.3) is 0 Å². The van der Waals surface area contributed by atoms with Crippen LogP contribution in [0.2, 0.25) is 0 Å². The van der Waals surface area contributed by atoms with Gasteiger partial charge in [0.15, 0.2) is 17.3 Å². The SMILES string of the molecule is O=C(CN1CCOCC1)c1ccc(O)c(O)c1. The number of hydrogen-bond acceptors (Lipinski definition) is 5. The maximum atomic E-state index is 11.9. The van der Waals surface area contributed by atoms with Crippen LogP contribution in [0.1, 0.15) is 10.4 Å². The van der Waals surface area contributed by atoms with Crippen molar-refractivity contribution >= 4 is 5.78 Å². The molecule has 17 heavy (non-hydrogen) atoms. The van der Waals surface area contributed by atoms with Crippen LogP contribution in [0.5, 0.6) is 11.5 Å². The van der Waals surface area contributed by atoms with Gasteiger partial charge in [-0.05, 0) is 18.2 Å². The van der Waals surface area contributed by atoms with Gasteiger partial charge in [-0.15, -0.1) is 0 Å². The zero-order valence-electron chi connectivity index (χ0n) is 9.43. The lowest BCUT2D eigenvalue weighted by Gasteiger charge is -2.25. The number of carbonyl (C=O) groups excluding carboxylic acids is 1. The van der Waals surface area contributed by atoms with E-state index >= 15 is 0 Å². The van der Waals surface area contributed by atoms with E-state index in [1.807, 2.05) is 4.90 Å². The third kappa shape index (κ3) is 2.95. The van der Waals surface area contributed by atoms with Crippen LogP contribution < -0.4 is 0 Å². The first kappa shape index (κ1) is 11.9. The summed E-state index contributed by atoms with van der Waals surface area (Å²) in [7, 11) is 0. The number of ketones is 1. The van der Waals surface area contributed by atoms with Gasteiger partial charge >= 0.3 is 0 Å². The molecule has 5 heteroatoms. The second-order valence-corrected chi connectivity index (χ2v) is 4.02. The first-order valence-corrected chi connectivity index (χ1v) is 5.52. The third-order valence-electron chi connectivity index (χ3n) is 2.77. The van der Waals surface area contributed by atoms with Crippen LogP contribution >= 0.6 is 0 Å². The van der Waals surface area contributed by atoms with E-state index in [1.54, 1.807) is 0 Å². The summed E-state index contributed by atoms with van der Waals surface area (Å²) in [6, 6.07) is 4.12. The molecule has 0 aromatic heterocycles. The Labute approximate surface area is 99.2 Å². The summed E-state index contributed by atoms with van der Waals surface area (Å²) in [5.41, 5.74) is 0.409. The van der Waals surface area contributed by atoms with Gasteiger partial charge < -0.3 is 14.9 Å². The lowest BCUT2D eigenvalue weighted by molar-refractivity contribution is 0.0371. The average Bonchev–Trinajstić information content (AvgIpc) is 2.34. The molecule has 1 saturated heterocycles. The van der Waals surface area contributed by atoms with E-state index in [0.717, 1.165) is 13.1 Å². The van der Waals surface area contributed by atoms with Crippen molar-refractivity contribution in [3.8, 4) is 11.5 Å². The van der Waals surface area contributed by atoms with Crippen molar-refractivity contribution in [3.05, 3.63) is 23.8 Å². The second-order valence-electron chi connectivity index (χ2n) is 4.02. The standard InChI is InChI=1S/C12H15NO4/c14-10-2-1-9(7-11(10)15)12(16)8-13-3-5-17-6-4-13/h1-2,7,14-15H,3-6,8H2. The van der Waals surface area contributed by atoms with Crippen LogP contribution in [0, 0.1) is 0 Å². The van der Waals surface area contributed by atoms with Gasteiger partial charge in [0.05, 0.1) is 19.8 Å². The normalized spacial score (nSPS) is 16.9. The van der Waals surface area contributed by atoms with Gasteiger partial charge in [-0.1, -0.05) is 0 Å². The molecular weight excluding hydrogens is 222 g/mol. The van der Waals surface area contributed by atoms with Crippen molar-refractivity contribution in [2.24, 2.45) is 0 Å². The highest BCUT2D eigenvalue weighted by atomic mass is 16.5. The monoisotopic (exact) mass is 237 g/mol. The summed E-state index contributed by atoms with van der Waals surface area (Å²) in [5, 5.41) is 18.5. The molecule has 1 aliphatic heterocycles. The molecule has 5 nitrogen and oxygen atoms in total. The largest absolute Gasteiger partial charge is 0.504 e. The van der Waals surface area contributed by atoms with E-state index < -0.39 is 0 Å². The summed E-state index contributed by atoms with van der Waals surface area (Å²) < 4.78 is 5.20. The van der Waals surface area contributed by atoms with E-state index in [-0.39, 0.29) is 17.3 Å². The summed E-state index contributed by atoms with van der Waals surface area (Å²) in [6.07, 6.45) is 0. The van der Waals surface area contributed by atoms with E-state index in [2.05, 4.69) is 0 Å². The number of nitrogens with zero attached hydrogens (tertiary/aromatic N) is 1. The summed E-state index contributed by atoms with van der Waals surface area (Å²) >= 11 is 0. The van der Waals surface area contributed by atoms with E-state index in [4.69, 9.17) is 9.84 Å². The number of morpholine rings is 1. The molecule has 0 bridgehead atoms. The fourth-order valence-electron chi connectivity index (χ4n) is 1.75. The zero-order chi connectivity index (χ0) is 12.3. The number of hydrogen-bond donors (Lipinski definition) is 2. The number of Topliss-reactive ketones (excluding diaryl/α,β-unsaturated/α-hetero) is 1. The molecule has 0 atom stereocenters. The van der Waals surface area contributed by atoms with Crippen LogP contribution in [0.15, 0.2) is 18.2 Å². The Morgan fingerprint density at radius 3 is 2.59 bits per heavy atom. The Hall–Kier alpha value is -1.59. The fraction of sp³-hybridized carbons (Fsp3) is 0.417. The van der Waals surface area contributed by atoms with Crippen molar-refractivity contribution < 1.29 is 19.7 Å². The Kier molecular flexibility index (Phi) is 3.61. The van der Waals surface area contributed by atoms with Crippen LogP contribution in [-0.2, 0) is 4.74 Å². The van der Waals surface area contributed by atoms with Crippen molar-refractivity contribution in [1.29, 1.82) is 0 Å². The molecule has 92 valence electrons. The summed E-state index contributed by atoms with van der Waals surface area (Å²) in [5.74, 6) is -0.548. The molecule has 0 spiro atoms. The van der Waals surface area contributed by atoms with E-state index in [1.165, 1.54) is 18.2 Å². The number of phenols is 2. The van der Waals surface area contributed by atoms with Crippen molar-refractivity contribution in [1.82, 2.24) is 4.90 Å². The van der Waals surface area contributed by atoms with Crippen molar-refractivity contribution in [3.63, 3.8) is 0 Å². The smallest absolute Gasteiger partial charge is 0.176 e. The molecule has 0 unspecified atom stereocenters. The van der Waals surface area contributed by atoms with Gasteiger partial charge in [0.2, 0.25) is 0 Å². The number of rotatable bonds is 3. The first-order valence-electron chi connectivity index (χ1n) is 5.52. The minimum Gasteiger partial charge on any atom is -0.504 e. The maximum absolute atomic E-state index is 11.9. The molecule has 0 saturated carbocycles. The lowest BCUT2D eigenvalue weighted by atomic mass is 10.1. The second kappa shape index (κ2) is 5.16. The van der Waals surface area contributed by atoms with Gasteiger partial charge in [-0.2, -0.15) is 0 Å². The van der Waals surface area contributed by atoms with Crippen LogP contribution in [0.3, 0.4) is 0 Å². The van der Waals surface area contributed by atoms with Crippen molar-refractivity contribution in [2.75, 3.05) is 32.8 Å². The van der Waals surface area contributed by atoms with Crippen LogP contribution in [0.4, 0.5) is 0 Å². The van der Waals surface area contributed by atoms with Crippen molar-refractivity contribution in [2.45, 2.75) is 0 Å². The number of aromatic hydroxyl groups is 2. The molecule has 2 rings (SSSR count). The predicted molar refractivity (Wildman–Crippen MR) is 61.4 cm³/mol. The number of carbonyl (C=O) groups is 1. The third-order valence-corrected chi connectivity index (χ3v) is 2.77. The zero-order valence-corrected chi connectivity index (χ0v) is 9.43. The Morgan fingerprint density at radius 1 is 1.24 bits per heavy atom. The molecule has 0 aliphatic carbocycles. The minimum atomic E-state index is -0.266. The van der Waals surface area contributed by atoms with Gasteiger partial charge in [0.1, 0.15) is 0 Å². The highest BCUT2D eigenvalue weighted by molar-refractivity contribution is 5.98. The fourth-order valence-corrected chi connectivity index (χ4v) is 1.75. The summed E-state index contributed by atoms with van der Waals surface area (Å²) in [4.78, 5) is 13.9. The highest BCUT2D eigenvalue weighted by Gasteiger charge is 2.16. The Bertz CT molecular complexity index is 413. The van der Waals surface area contributed by atoms with Gasteiger partial charge in [0.25, 0.3) is 0 Å². The molecular formula is C12H15NO4. The van der Waals surface area contributed by atoms with E-state index in [9.17, 15) is 9.90 Å². The molecule has 1 fully saturated rings. The number of ether oxygens (including phenoxy) is 1. The Morgan fingerprint density at radius 2 is 1.94 bits per heavy atom. The molecule has 1 aliphatic rings. The average molecular weight is 237 g/mol. The maximum Gasteiger partial charge on any atom is 0.176 e. The number of benzene rings is 1. The Balaban J connectivity index is 2.01. The molecule has 1 aromatic rings. The minimum absolute atomic E-state index is 0.0674. The topological polar surface area (TPSA) is 70.0 Å². The number of phenolic OH excluding ortho intramolecular Hbond substituents is 2. The lowest BCUT2D eigenvalue weighted by Crippen LogP contribution is -2.39.